The Bertz CT molecular complexity index is 762. The van der Waals surface area contributed by atoms with Crippen LogP contribution in [0.25, 0.3) is 0 Å². The van der Waals surface area contributed by atoms with Crippen molar-refractivity contribution in [2.75, 3.05) is 51.9 Å². The molecule has 2 atom stereocenters. The number of methoxy groups -OCH3 is 1. The van der Waals surface area contributed by atoms with Gasteiger partial charge in [0.05, 0.1) is 12.3 Å². The Hall–Kier alpha value is -2.12. The second-order valence-corrected chi connectivity index (χ2v) is 8.61. The maximum atomic E-state index is 12.8. The summed E-state index contributed by atoms with van der Waals surface area (Å²) in [5, 5.41) is 3.10. The van der Waals surface area contributed by atoms with Gasteiger partial charge in [0.1, 0.15) is 12.4 Å². The van der Waals surface area contributed by atoms with Gasteiger partial charge in [-0.3, -0.25) is 9.59 Å². The predicted molar refractivity (Wildman–Crippen MR) is 113 cm³/mol. The van der Waals surface area contributed by atoms with Gasteiger partial charge in [-0.1, -0.05) is 6.07 Å². The summed E-state index contributed by atoms with van der Waals surface area (Å²) in [5.41, 5.74) is 2.01. The van der Waals surface area contributed by atoms with Crippen LogP contribution in [0.1, 0.15) is 43.6 Å². The summed E-state index contributed by atoms with van der Waals surface area (Å²) in [6.07, 6.45) is 4.17. The summed E-state index contributed by atoms with van der Waals surface area (Å²) in [5.74, 6) is 1.76. The van der Waals surface area contributed by atoms with E-state index in [0.29, 0.717) is 32.0 Å². The van der Waals surface area contributed by atoms with E-state index in [1.807, 2.05) is 11.0 Å². The molecule has 1 N–H and O–H groups in total. The van der Waals surface area contributed by atoms with Gasteiger partial charge < -0.3 is 24.4 Å². The van der Waals surface area contributed by atoms with Crippen molar-refractivity contribution in [3.05, 3.63) is 23.8 Å². The van der Waals surface area contributed by atoms with Crippen molar-refractivity contribution in [3.63, 3.8) is 0 Å². The lowest BCUT2D eigenvalue weighted by Gasteiger charge is -2.39. The zero-order valence-electron chi connectivity index (χ0n) is 17.7. The van der Waals surface area contributed by atoms with E-state index in [1.54, 1.807) is 0 Å². The standard InChI is InChI=1S/C23H32N2O5/c1-28-15-23(27)25-8-4-18-13-22(26)24-20-12-17(16-5-9-29-10-6-16)2-3-21(20)30-11-7-19(18)14-25/h2-3,12,16,18-19H,4-11,13-15H2,1H3,(H,24,26)/t18-,19-/m0/s1. The summed E-state index contributed by atoms with van der Waals surface area (Å²) in [6.45, 7) is 3.61. The number of nitrogens with one attached hydrogen (secondary N) is 1. The van der Waals surface area contributed by atoms with Crippen LogP contribution in [0.2, 0.25) is 0 Å². The Balaban J connectivity index is 1.47. The first-order valence-electron chi connectivity index (χ1n) is 11.0. The molecule has 4 rings (SSSR count). The molecule has 7 heteroatoms. The molecule has 0 unspecified atom stereocenters. The van der Waals surface area contributed by atoms with Crippen molar-refractivity contribution in [1.82, 2.24) is 4.90 Å². The Morgan fingerprint density at radius 1 is 1.17 bits per heavy atom. The number of rotatable bonds is 3. The number of carbonyl (C=O) groups is 2. The Morgan fingerprint density at radius 3 is 2.80 bits per heavy atom. The smallest absolute Gasteiger partial charge is 0.248 e. The summed E-state index contributed by atoms with van der Waals surface area (Å²) in [7, 11) is 1.54. The van der Waals surface area contributed by atoms with E-state index < -0.39 is 0 Å². The van der Waals surface area contributed by atoms with E-state index in [-0.39, 0.29) is 30.3 Å². The van der Waals surface area contributed by atoms with Crippen LogP contribution in [0.15, 0.2) is 18.2 Å². The maximum absolute atomic E-state index is 12.8. The van der Waals surface area contributed by atoms with Crippen molar-refractivity contribution < 1.29 is 23.8 Å². The minimum atomic E-state index is 0.0180. The number of fused-ring (bicyclic) bond motifs is 2. The molecular weight excluding hydrogens is 384 g/mol. The van der Waals surface area contributed by atoms with E-state index in [4.69, 9.17) is 14.2 Å². The van der Waals surface area contributed by atoms with Crippen molar-refractivity contribution >= 4 is 17.5 Å². The largest absolute Gasteiger partial charge is 0.491 e. The third-order valence-corrected chi connectivity index (χ3v) is 6.68. The number of hydrogen-bond acceptors (Lipinski definition) is 5. The van der Waals surface area contributed by atoms with Crippen LogP contribution < -0.4 is 10.1 Å². The number of hydrogen-bond donors (Lipinski definition) is 1. The summed E-state index contributed by atoms with van der Waals surface area (Å²) in [6, 6.07) is 6.17. The van der Waals surface area contributed by atoms with Crippen molar-refractivity contribution in [3.8, 4) is 5.75 Å². The third kappa shape index (κ3) is 4.95. The fourth-order valence-corrected chi connectivity index (χ4v) is 4.93. The van der Waals surface area contributed by atoms with Crippen molar-refractivity contribution in [2.45, 2.75) is 38.0 Å². The highest BCUT2D eigenvalue weighted by Gasteiger charge is 2.33. The average molecular weight is 417 g/mol. The molecule has 1 aromatic carbocycles. The highest BCUT2D eigenvalue weighted by molar-refractivity contribution is 5.92. The number of nitrogens with zero attached hydrogens (tertiary/aromatic N) is 1. The van der Waals surface area contributed by atoms with Crippen molar-refractivity contribution in [2.24, 2.45) is 11.8 Å². The Labute approximate surface area is 178 Å². The van der Waals surface area contributed by atoms with Crippen LogP contribution >= 0.6 is 0 Å². The number of anilines is 1. The van der Waals surface area contributed by atoms with Gasteiger partial charge in [0, 0.05) is 39.8 Å². The number of carbonyl (C=O) groups excluding carboxylic acids is 2. The van der Waals surface area contributed by atoms with Crippen LogP contribution in [-0.4, -0.2) is 63.3 Å². The zero-order chi connectivity index (χ0) is 20.9. The monoisotopic (exact) mass is 416 g/mol. The number of amides is 2. The van der Waals surface area contributed by atoms with Crippen LogP contribution in [0.3, 0.4) is 0 Å². The van der Waals surface area contributed by atoms with Gasteiger partial charge in [0.15, 0.2) is 0 Å². The molecule has 164 valence electrons. The van der Waals surface area contributed by atoms with Crippen LogP contribution in [0.5, 0.6) is 5.75 Å². The fourth-order valence-electron chi connectivity index (χ4n) is 4.93. The van der Waals surface area contributed by atoms with Crippen LogP contribution in [-0.2, 0) is 19.1 Å². The van der Waals surface area contributed by atoms with E-state index >= 15 is 0 Å². The van der Waals surface area contributed by atoms with Gasteiger partial charge in [0.25, 0.3) is 0 Å². The number of ether oxygens (including phenoxy) is 3. The minimum absolute atomic E-state index is 0.0180. The lowest BCUT2D eigenvalue weighted by atomic mass is 9.81. The van der Waals surface area contributed by atoms with Gasteiger partial charge in [-0.2, -0.15) is 0 Å². The third-order valence-electron chi connectivity index (χ3n) is 6.68. The van der Waals surface area contributed by atoms with E-state index in [0.717, 1.165) is 50.3 Å². The van der Waals surface area contributed by atoms with Crippen LogP contribution in [0, 0.1) is 11.8 Å². The average Bonchev–Trinajstić information content (AvgIpc) is 2.76. The molecule has 3 aliphatic heterocycles. The van der Waals surface area contributed by atoms with Crippen LogP contribution in [0.4, 0.5) is 5.69 Å². The fraction of sp³-hybridized carbons (Fsp3) is 0.652. The molecule has 2 amide bonds. The SMILES string of the molecule is COCC(=O)N1CC[C@H]2CC(=O)Nc3cc(C4CCOCC4)ccc3OCC[C@H]2C1. The predicted octanol–water partition coefficient (Wildman–Crippen LogP) is 2.80. The Kier molecular flexibility index (Phi) is 6.89. The van der Waals surface area contributed by atoms with Gasteiger partial charge in [-0.15, -0.1) is 0 Å². The molecule has 30 heavy (non-hydrogen) atoms. The number of benzene rings is 1. The Morgan fingerprint density at radius 2 is 2.00 bits per heavy atom. The summed E-state index contributed by atoms with van der Waals surface area (Å²) >= 11 is 0. The lowest BCUT2D eigenvalue weighted by Crippen LogP contribution is -2.46. The second-order valence-electron chi connectivity index (χ2n) is 8.61. The molecule has 0 radical (unpaired) electrons. The first-order valence-corrected chi connectivity index (χ1v) is 11.0. The lowest BCUT2D eigenvalue weighted by molar-refractivity contribution is -0.138. The molecule has 0 aromatic heterocycles. The zero-order valence-corrected chi connectivity index (χ0v) is 17.7. The van der Waals surface area contributed by atoms with E-state index in [2.05, 4.69) is 17.4 Å². The van der Waals surface area contributed by atoms with Gasteiger partial charge >= 0.3 is 0 Å². The summed E-state index contributed by atoms with van der Waals surface area (Å²) in [4.78, 5) is 26.9. The highest BCUT2D eigenvalue weighted by atomic mass is 16.5. The van der Waals surface area contributed by atoms with E-state index in [9.17, 15) is 9.59 Å². The maximum Gasteiger partial charge on any atom is 0.248 e. The molecule has 7 nitrogen and oxygen atoms in total. The summed E-state index contributed by atoms with van der Waals surface area (Å²) < 4.78 is 16.6. The second kappa shape index (κ2) is 9.79. The molecule has 2 saturated heterocycles. The van der Waals surface area contributed by atoms with Gasteiger partial charge in [-0.25, -0.2) is 0 Å². The molecule has 0 saturated carbocycles. The molecule has 1 aromatic rings. The van der Waals surface area contributed by atoms with Gasteiger partial charge in [-0.05, 0) is 61.1 Å². The molecule has 0 spiro atoms. The topological polar surface area (TPSA) is 77.1 Å². The van der Waals surface area contributed by atoms with Crippen molar-refractivity contribution in [1.29, 1.82) is 0 Å². The number of piperidine rings is 1. The molecule has 3 aliphatic rings. The minimum Gasteiger partial charge on any atom is -0.491 e. The molecular formula is C23H32N2O5. The van der Waals surface area contributed by atoms with Gasteiger partial charge in [0.2, 0.25) is 11.8 Å². The number of likely N-dealkylation sites (tertiary alicyclic amines) is 1. The molecule has 0 bridgehead atoms. The highest BCUT2D eigenvalue weighted by Crippen LogP contribution is 2.36. The molecule has 3 heterocycles. The molecule has 2 fully saturated rings. The van der Waals surface area contributed by atoms with E-state index in [1.165, 1.54) is 12.7 Å². The first kappa shape index (κ1) is 21.1. The quantitative estimate of drug-likeness (QED) is 0.820. The normalized spacial score (nSPS) is 25.5. The first-order chi connectivity index (χ1) is 14.6. The molecule has 0 aliphatic carbocycles.